The van der Waals surface area contributed by atoms with E-state index >= 15 is 0 Å². The second-order valence-corrected chi connectivity index (χ2v) is 9.68. The number of esters is 1. The van der Waals surface area contributed by atoms with Gasteiger partial charge in [-0.1, -0.05) is 13.8 Å². The lowest BCUT2D eigenvalue weighted by Crippen LogP contribution is -2.43. The van der Waals surface area contributed by atoms with Gasteiger partial charge in [0.15, 0.2) is 0 Å². The maximum absolute atomic E-state index is 13.1. The van der Waals surface area contributed by atoms with Crippen LogP contribution in [0.15, 0.2) is 0 Å². The Morgan fingerprint density at radius 2 is 1.89 bits per heavy atom. The number of thiophene rings is 1. The molecule has 0 aromatic carbocycles. The van der Waals surface area contributed by atoms with E-state index in [4.69, 9.17) is 4.74 Å². The molecule has 0 spiro atoms. The van der Waals surface area contributed by atoms with Crippen LogP contribution in [0.1, 0.15) is 74.2 Å². The van der Waals surface area contributed by atoms with Crippen molar-refractivity contribution in [3.05, 3.63) is 16.0 Å². The highest BCUT2D eigenvalue weighted by molar-refractivity contribution is 7.17. The molecular formula is C21H29NO5S. The third-order valence-corrected chi connectivity index (χ3v) is 8.11. The molecule has 154 valence electrons. The largest absolute Gasteiger partial charge is 0.481 e. The second kappa shape index (κ2) is 7.50. The van der Waals surface area contributed by atoms with E-state index in [1.165, 1.54) is 11.3 Å². The lowest BCUT2D eigenvalue weighted by atomic mass is 9.65. The van der Waals surface area contributed by atoms with E-state index in [9.17, 15) is 19.5 Å². The number of nitrogens with one attached hydrogen (secondary N) is 1. The van der Waals surface area contributed by atoms with Crippen molar-refractivity contribution in [1.29, 1.82) is 0 Å². The van der Waals surface area contributed by atoms with Crippen molar-refractivity contribution in [3.8, 4) is 0 Å². The number of amides is 1. The van der Waals surface area contributed by atoms with Crippen molar-refractivity contribution in [1.82, 2.24) is 0 Å². The minimum absolute atomic E-state index is 0.209. The quantitative estimate of drug-likeness (QED) is 0.711. The van der Waals surface area contributed by atoms with Crippen LogP contribution in [0.3, 0.4) is 0 Å². The molecule has 0 radical (unpaired) electrons. The summed E-state index contributed by atoms with van der Waals surface area (Å²) in [6.07, 6.45) is 4.81. The zero-order valence-corrected chi connectivity index (χ0v) is 17.8. The number of ether oxygens (including phenoxy) is 1. The number of anilines is 1. The SMILES string of the molecule is CCOC(=O)c1c(NC(=O)C2CCC(C)(C(=O)O)C2(C)C)sc2c1CCCC2. The van der Waals surface area contributed by atoms with E-state index in [1.54, 1.807) is 13.8 Å². The number of aliphatic carboxylic acids is 1. The highest BCUT2D eigenvalue weighted by Crippen LogP contribution is 2.56. The second-order valence-electron chi connectivity index (χ2n) is 8.57. The van der Waals surface area contributed by atoms with Crippen LogP contribution < -0.4 is 5.32 Å². The maximum Gasteiger partial charge on any atom is 0.341 e. The minimum Gasteiger partial charge on any atom is -0.481 e. The number of carbonyl (C=O) groups is 3. The van der Waals surface area contributed by atoms with Crippen molar-refractivity contribution in [2.24, 2.45) is 16.7 Å². The number of carboxylic acids is 1. The van der Waals surface area contributed by atoms with Crippen LogP contribution in [0.25, 0.3) is 0 Å². The summed E-state index contributed by atoms with van der Waals surface area (Å²) in [4.78, 5) is 38.7. The van der Waals surface area contributed by atoms with Gasteiger partial charge in [0, 0.05) is 10.8 Å². The van der Waals surface area contributed by atoms with Gasteiger partial charge >= 0.3 is 11.9 Å². The van der Waals surface area contributed by atoms with Crippen LogP contribution >= 0.6 is 11.3 Å². The molecule has 0 saturated heterocycles. The molecule has 1 heterocycles. The van der Waals surface area contributed by atoms with Gasteiger partial charge in [0.1, 0.15) is 5.00 Å². The van der Waals surface area contributed by atoms with Crippen molar-refractivity contribution in [3.63, 3.8) is 0 Å². The molecule has 2 aliphatic rings. The van der Waals surface area contributed by atoms with Crippen LogP contribution in [0.5, 0.6) is 0 Å². The van der Waals surface area contributed by atoms with Gasteiger partial charge in [-0.25, -0.2) is 4.79 Å². The third kappa shape index (κ3) is 3.23. The van der Waals surface area contributed by atoms with Gasteiger partial charge in [-0.3, -0.25) is 9.59 Å². The van der Waals surface area contributed by atoms with E-state index in [0.29, 0.717) is 23.4 Å². The molecule has 2 atom stereocenters. The summed E-state index contributed by atoms with van der Waals surface area (Å²) in [5.74, 6) is -1.90. The van der Waals surface area contributed by atoms with Gasteiger partial charge < -0.3 is 15.2 Å². The monoisotopic (exact) mass is 407 g/mol. The molecule has 2 unspecified atom stereocenters. The fourth-order valence-corrected chi connectivity index (χ4v) is 5.89. The Kier molecular flexibility index (Phi) is 5.58. The fourth-order valence-electron chi connectivity index (χ4n) is 4.61. The molecule has 1 saturated carbocycles. The predicted molar refractivity (Wildman–Crippen MR) is 108 cm³/mol. The van der Waals surface area contributed by atoms with Crippen LogP contribution in [-0.4, -0.2) is 29.6 Å². The fraction of sp³-hybridized carbons (Fsp3) is 0.667. The number of hydrogen-bond acceptors (Lipinski definition) is 5. The number of hydrogen-bond donors (Lipinski definition) is 2. The zero-order valence-electron chi connectivity index (χ0n) is 17.0. The highest BCUT2D eigenvalue weighted by Gasteiger charge is 2.58. The van der Waals surface area contributed by atoms with Gasteiger partial charge in [0.25, 0.3) is 0 Å². The summed E-state index contributed by atoms with van der Waals surface area (Å²) in [5, 5.41) is 13.2. The zero-order chi connectivity index (χ0) is 20.7. The van der Waals surface area contributed by atoms with E-state index in [-0.39, 0.29) is 12.5 Å². The smallest absolute Gasteiger partial charge is 0.341 e. The molecule has 1 amide bonds. The Bertz CT molecular complexity index is 812. The summed E-state index contributed by atoms with van der Waals surface area (Å²) < 4.78 is 5.24. The Labute approximate surface area is 169 Å². The molecular weight excluding hydrogens is 378 g/mol. The first-order valence-electron chi connectivity index (χ1n) is 9.99. The number of carbonyl (C=O) groups excluding carboxylic acids is 2. The molecule has 6 nitrogen and oxygen atoms in total. The third-order valence-electron chi connectivity index (χ3n) is 6.90. The highest BCUT2D eigenvalue weighted by atomic mass is 32.1. The van der Waals surface area contributed by atoms with E-state index in [2.05, 4.69) is 5.32 Å². The first-order chi connectivity index (χ1) is 13.1. The molecule has 3 rings (SSSR count). The lowest BCUT2D eigenvalue weighted by molar-refractivity contribution is -0.154. The van der Waals surface area contributed by atoms with Crippen LogP contribution in [0.2, 0.25) is 0 Å². The molecule has 2 aliphatic carbocycles. The first-order valence-corrected chi connectivity index (χ1v) is 10.8. The molecule has 28 heavy (non-hydrogen) atoms. The Morgan fingerprint density at radius 3 is 2.50 bits per heavy atom. The predicted octanol–water partition coefficient (Wildman–Crippen LogP) is 4.27. The van der Waals surface area contributed by atoms with Gasteiger partial charge in [-0.05, 0) is 63.4 Å². The number of carboxylic acid groups (broad SMARTS) is 1. The Hall–Kier alpha value is -1.89. The standard InChI is InChI=1S/C21H29NO5S/c1-5-27-18(24)15-12-8-6-7-9-14(12)28-17(15)22-16(23)13-10-11-21(4,19(25)26)20(13,2)3/h13H,5-11H2,1-4H3,(H,22,23)(H,25,26). The van der Waals surface area contributed by atoms with Gasteiger partial charge in [0.05, 0.1) is 17.6 Å². The molecule has 1 fully saturated rings. The summed E-state index contributed by atoms with van der Waals surface area (Å²) in [7, 11) is 0. The topological polar surface area (TPSA) is 92.7 Å². The van der Waals surface area contributed by atoms with Crippen LogP contribution in [0.4, 0.5) is 5.00 Å². The Balaban J connectivity index is 1.90. The van der Waals surface area contributed by atoms with Crippen LogP contribution in [-0.2, 0) is 27.2 Å². The molecule has 7 heteroatoms. The summed E-state index contributed by atoms with van der Waals surface area (Å²) in [5.41, 5.74) is -0.143. The van der Waals surface area contributed by atoms with Crippen molar-refractivity contribution >= 4 is 34.2 Å². The summed E-state index contributed by atoms with van der Waals surface area (Å²) >= 11 is 1.46. The number of aryl methyl sites for hydroxylation is 1. The van der Waals surface area contributed by atoms with Gasteiger partial charge in [-0.2, -0.15) is 0 Å². The van der Waals surface area contributed by atoms with Gasteiger partial charge in [0.2, 0.25) is 5.91 Å². The normalized spacial score (nSPS) is 25.8. The average Bonchev–Trinajstić information content (AvgIpc) is 3.10. The van der Waals surface area contributed by atoms with Crippen molar-refractivity contribution < 1.29 is 24.2 Å². The van der Waals surface area contributed by atoms with Crippen LogP contribution in [0, 0.1) is 16.7 Å². The van der Waals surface area contributed by atoms with E-state index in [0.717, 1.165) is 36.1 Å². The van der Waals surface area contributed by atoms with E-state index in [1.807, 2.05) is 13.8 Å². The average molecular weight is 408 g/mol. The van der Waals surface area contributed by atoms with Gasteiger partial charge in [-0.15, -0.1) is 11.3 Å². The van der Waals surface area contributed by atoms with Crippen molar-refractivity contribution in [2.75, 3.05) is 11.9 Å². The Morgan fingerprint density at radius 1 is 1.21 bits per heavy atom. The summed E-state index contributed by atoms with van der Waals surface area (Å²) in [6.45, 7) is 7.47. The molecule has 0 aliphatic heterocycles. The first kappa shape index (κ1) is 20.8. The summed E-state index contributed by atoms with van der Waals surface area (Å²) in [6, 6.07) is 0. The van der Waals surface area contributed by atoms with Crippen molar-refractivity contribution in [2.45, 2.75) is 66.2 Å². The number of rotatable bonds is 5. The lowest BCUT2D eigenvalue weighted by Gasteiger charge is -2.37. The van der Waals surface area contributed by atoms with E-state index < -0.39 is 28.7 Å². The molecule has 1 aromatic rings. The molecule has 1 aromatic heterocycles. The maximum atomic E-state index is 13.1. The molecule has 0 bridgehead atoms. The minimum atomic E-state index is -0.951. The number of fused-ring (bicyclic) bond motifs is 1. The molecule has 2 N–H and O–H groups in total.